The summed E-state index contributed by atoms with van der Waals surface area (Å²) >= 11 is 0. The Morgan fingerprint density at radius 1 is 0.889 bits per heavy atom. The average molecular weight is 378 g/mol. The minimum absolute atomic E-state index is 0.123. The van der Waals surface area contributed by atoms with Gasteiger partial charge in [-0.05, 0) is 25.7 Å². The second-order valence-corrected chi connectivity index (χ2v) is 9.32. The van der Waals surface area contributed by atoms with E-state index in [4.69, 9.17) is 0 Å². The number of hydrogen-bond acceptors (Lipinski definition) is 2. The zero-order chi connectivity index (χ0) is 18.7. The zero-order valence-electron chi connectivity index (χ0n) is 16.7. The van der Waals surface area contributed by atoms with Crippen LogP contribution >= 0.6 is 0 Å². The summed E-state index contributed by atoms with van der Waals surface area (Å²) in [5.41, 5.74) is -0.674. The number of carbonyl (C=O) groups excluding carboxylic acids is 2. The lowest BCUT2D eigenvalue weighted by Crippen LogP contribution is -3.16. The van der Waals surface area contributed by atoms with E-state index in [0.29, 0.717) is 6.04 Å². The molecule has 3 N–H and O–H groups in total. The molecule has 4 aliphatic rings. The Bertz CT molecular complexity index is 540. The van der Waals surface area contributed by atoms with Crippen molar-refractivity contribution in [2.24, 2.45) is 0 Å². The Hall–Kier alpha value is -1.30. The largest absolute Gasteiger partial charge is 0.335 e. The molecule has 2 aliphatic heterocycles. The molecule has 2 atom stereocenters. The molecule has 0 aromatic rings. The van der Waals surface area contributed by atoms with Crippen LogP contribution in [0.2, 0.25) is 0 Å². The van der Waals surface area contributed by atoms with Gasteiger partial charge in [-0.25, -0.2) is 4.79 Å². The molecule has 1 unspecified atom stereocenters. The van der Waals surface area contributed by atoms with E-state index < -0.39 is 5.54 Å². The Balaban J connectivity index is 1.41. The molecule has 0 radical (unpaired) electrons. The lowest BCUT2D eigenvalue weighted by atomic mass is 9.80. The van der Waals surface area contributed by atoms with E-state index in [1.165, 1.54) is 45.1 Å². The predicted molar refractivity (Wildman–Crippen MR) is 105 cm³/mol. The second kappa shape index (κ2) is 8.38. The van der Waals surface area contributed by atoms with Crippen LogP contribution in [-0.2, 0) is 4.79 Å². The van der Waals surface area contributed by atoms with Gasteiger partial charge in [0.25, 0.3) is 0 Å². The average Bonchev–Trinajstić information content (AvgIpc) is 3.16. The molecule has 0 aromatic heterocycles. The lowest BCUT2D eigenvalue weighted by Gasteiger charge is -2.43. The van der Waals surface area contributed by atoms with Gasteiger partial charge in [-0.2, -0.15) is 0 Å². The van der Waals surface area contributed by atoms with Crippen molar-refractivity contribution in [2.45, 2.75) is 94.7 Å². The summed E-state index contributed by atoms with van der Waals surface area (Å²) in [7, 11) is 0. The lowest BCUT2D eigenvalue weighted by molar-refractivity contribution is -0.916. The van der Waals surface area contributed by atoms with Gasteiger partial charge >= 0.3 is 6.03 Å². The number of carbonyl (C=O) groups is 2. The molecule has 3 amide bonds. The minimum Gasteiger partial charge on any atom is -0.335 e. The highest BCUT2D eigenvalue weighted by Gasteiger charge is 2.46. The van der Waals surface area contributed by atoms with Crippen LogP contribution in [0.15, 0.2) is 0 Å². The minimum atomic E-state index is -0.674. The number of quaternary nitrogens is 1. The highest BCUT2D eigenvalue weighted by atomic mass is 16.2. The molecule has 27 heavy (non-hydrogen) atoms. The second-order valence-electron chi connectivity index (χ2n) is 9.32. The Kier molecular flexibility index (Phi) is 5.90. The van der Waals surface area contributed by atoms with Gasteiger partial charge in [0, 0.05) is 18.9 Å². The summed E-state index contributed by atoms with van der Waals surface area (Å²) in [4.78, 5) is 30.1. The molecule has 0 bridgehead atoms. The fraction of sp³-hybridized carbons (Fsp3) is 0.905. The van der Waals surface area contributed by atoms with E-state index in [-0.39, 0.29) is 18.0 Å². The molecule has 4 rings (SSSR count). The highest BCUT2D eigenvalue weighted by Crippen LogP contribution is 2.31. The van der Waals surface area contributed by atoms with Crippen molar-refractivity contribution >= 4 is 11.9 Å². The molecular formula is C21H37N4O2+. The molecule has 2 saturated heterocycles. The number of fused-ring (bicyclic) bond motifs is 1. The number of nitrogens with one attached hydrogen (secondary N) is 3. The van der Waals surface area contributed by atoms with Gasteiger partial charge in [0.05, 0.1) is 26.2 Å². The van der Waals surface area contributed by atoms with E-state index in [2.05, 4.69) is 15.5 Å². The fourth-order valence-electron chi connectivity index (χ4n) is 5.89. The molecular weight excluding hydrogens is 340 g/mol. The van der Waals surface area contributed by atoms with Crippen molar-refractivity contribution in [3.05, 3.63) is 0 Å². The van der Waals surface area contributed by atoms with Gasteiger partial charge in [-0.15, -0.1) is 0 Å². The monoisotopic (exact) mass is 377 g/mol. The standard InChI is InChI=1S/C21H36N4O2/c26-19(25-15-14-24-13-7-10-18(24)16-25)21(11-5-2-6-12-21)23-20(27)22-17-8-3-1-4-9-17/h17-18H,1-16H2,(H2,22,23,27)/p+1/t18-/m0/s1. The van der Waals surface area contributed by atoms with Crippen molar-refractivity contribution in [3.8, 4) is 0 Å². The summed E-state index contributed by atoms with van der Waals surface area (Å²) < 4.78 is 0. The SMILES string of the molecule is O=C(NC1CCCCC1)NC1(C(=O)N2CC[NH+]3CCC[C@H]3C2)CCCCC1. The van der Waals surface area contributed by atoms with Crippen molar-refractivity contribution in [2.75, 3.05) is 26.2 Å². The normalized spacial score (nSPS) is 31.2. The van der Waals surface area contributed by atoms with Crippen LogP contribution in [0.1, 0.15) is 77.0 Å². The number of hydrogen-bond donors (Lipinski definition) is 3. The third kappa shape index (κ3) is 4.25. The summed E-state index contributed by atoms with van der Waals surface area (Å²) in [6, 6.07) is 0.766. The van der Waals surface area contributed by atoms with Crippen LogP contribution in [-0.4, -0.2) is 60.6 Å². The molecule has 6 nitrogen and oxygen atoms in total. The van der Waals surface area contributed by atoms with Crippen molar-refractivity contribution in [1.82, 2.24) is 15.5 Å². The number of rotatable bonds is 3. The molecule has 0 spiro atoms. The molecule has 2 saturated carbocycles. The third-order valence-corrected chi connectivity index (χ3v) is 7.47. The Labute approximate surface area is 163 Å². The number of urea groups is 1. The summed E-state index contributed by atoms with van der Waals surface area (Å²) in [6.07, 6.45) is 13.2. The first-order valence-corrected chi connectivity index (χ1v) is 11.4. The van der Waals surface area contributed by atoms with Gasteiger partial charge in [-0.1, -0.05) is 38.5 Å². The van der Waals surface area contributed by atoms with Crippen LogP contribution in [0.3, 0.4) is 0 Å². The predicted octanol–water partition coefficient (Wildman–Crippen LogP) is 1.21. The van der Waals surface area contributed by atoms with Crippen molar-refractivity contribution < 1.29 is 14.5 Å². The van der Waals surface area contributed by atoms with Gasteiger partial charge in [0.1, 0.15) is 11.6 Å². The quantitative estimate of drug-likeness (QED) is 0.692. The first-order chi connectivity index (χ1) is 13.2. The molecule has 152 valence electrons. The van der Waals surface area contributed by atoms with Gasteiger partial charge in [0.2, 0.25) is 5.91 Å². The van der Waals surface area contributed by atoms with Gasteiger partial charge in [-0.3, -0.25) is 4.79 Å². The maximum Gasteiger partial charge on any atom is 0.315 e. The fourth-order valence-corrected chi connectivity index (χ4v) is 5.89. The third-order valence-electron chi connectivity index (χ3n) is 7.47. The molecule has 2 aliphatic carbocycles. The van der Waals surface area contributed by atoms with Gasteiger partial charge in [0.15, 0.2) is 0 Å². The number of piperazine rings is 1. The van der Waals surface area contributed by atoms with Crippen LogP contribution in [0.4, 0.5) is 4.79 Å². The molecule has 6 heteroatoms. The van der Waals surface area contributed by atoms with Crippen molar-refractivity contribution in [3.63, 3.8) is 0 Å². The van der Waals surface area contributed by atoms with E-state index in [9.17, 15) is 9.59 Å². The smallest absolute Gasteiger partial charge is 0.315 e. The van der Waals surface area contributed by atoms with Crippen LogP contribution in [0, 0.1) is 0 Å². The number of nitrogens with zero attached hydrogens (tertiary/aromatic N) is 1. The summed E-state index contributed by atoms with van der Waals surface area (Å²) in [5, 5.41) is 6.35. The maximum atomic E-state index is 13.6. The highest BCUT2D eigenvalue weighted by molar-refractivity contribution is 5.91. The van der Waals surface area contributed by atoms with Crippen LogP contribution < -0.4 is 15.5 Å². The van der Waals surface area contributed by atoms with E-state index in [0.717, 1.165) is 58.2 Å². The van der Waals surface area contributed by atoms with E-state index >= 15 is 0 Å². The number of amides is 3. The van der Waals surface area contributed by atoms with Crippen molar-refractivity contribution in [1.29, 1.82) is 0 Å². The molecule has 2 heterocycles. The summed E-state index contributed by atoms with van der Waals surface area (Å²) in [5.74, 6) is 0.187. The molecule has 4 fully saturated rings. The van der Waals surface area contributed by atoms with E-state index in [1.54, 1.807) is 4.90 Å². The maximum absolute atomic E-state index is 13.6. The van der Waals surface area contributed by atoms with Crippen LogP contribution in [0.5, 0.6) is 0 Å². The zero-order valence-corrected chi connectivity index (χ0v) is 16.7. The van der Waals surface area contributed by atoms with Crippen LogP contribution in [0.25, 0.3) is 0 Å². The first-order valence-electron chi connectivity index (χ1n) is 11.4. The first kappa shape index (κ1) is 19.0. The topological polar surface area (TPSA) is 65.9 Å². The summed E-state index contributed by atoms with van der Waals surface area (Å²) in [6.45, 7) is 4.06. The Morgan fingerprint density at radius 2 is 1.63 bits per heavy atom. The molecule has 0 aromatic carbocycles. The van der Waals surface area contributed by atoms with Gasteiger partial charge < -0.3 is 20.4 Å². The van der Waals surface area contributed by atoms with E-state index in [1.807, 2.05) is 0 Å². The Morgan fingerprint density at radius 3 is 2.41 bits per heavy atom.